The van der Waals surface area contributed by atoms with Gasteiger partial charge in [-0.25, -0.2) is 9.29 Å². The molecule has 162 valence electrons. The Morgan fingerprint density at radius 2 is 2.17 bits per heavy atom. The fourth-order valence-corrected chi connectivity index (χ4v) is 4.16. The summed E-state index contributed by atoms with van der Waals surface area (Å²) in [5.74, 6) is 0.623. The molecule has 6 N–H and O–H groups in total. The number of nitrogens with two attached hydrogens (primary N) is 2. The van der Waals surface area contributed by atoms with E-state index in [2.05, 4.69) is 14.6 Å². The van der Waals surface area contributed by atoms with E-state index in [0.29, 0.717) is 23.2 Å². The summed E-state index contributed by atoms with van der Waals surface area (Å²) in [6.07, 6.45) is 4.55. The van der Waals surface area contributed by atoms with E-state index < -0.39 is 0 Å². The van der Waals surface area contributed by atoms with Crippen LogP contribution in [0.15, 0.2) is 34.5 Å². The minimum absolute atomic E-state index is 0.547. The first-order chi connectivity index (χ1) is 14.3. The largest absolute Gasteiger partial charge is 0.402 e. The standard InChI is InChI=1S/C12H15ClN4OS.C8H13N3/c1-16-9(7-18)4-11(12(16)13)19-17-3-2-10(15)8(5-14)6-17;1-6-7(5-10-2)3-4-11-8(6)9/h4-5,7,14H,2-3,6,15H2,1H3;3-4,10H,5H2,1-2H3,(H2,9,11). The summed E-state index contributed by atoms with van der Waals surface area (Å²) in [7, 11) is 3.67. The molecule has 0 amide bonds. The van der Waals surface area contributed by atoms with Gasteiger partial charge >= 0.3 is 0 Å². The van der Waals surface area contributed by atoms with Crippen LogP contribution in [0.1, 0.15) is 28.0 Å². The van der Waals surface area contributed by atoms with E-state index in [9.17, 15) is 4.79 Å². The van der Waals surface area contributed by atoms with Crippen LogP contribution in [0.3, 0.4) is 0 Å². The molecule has 1 aliphatic rings. The summed E-state index contributed by atoms with van der Waals surface area (Å²) in [6, 6.07) is 3.74. The molecule has 0 spiro atoms. The molecule has 10 heteroatoms. The quantitative estimate of drug-likeness (QED) is 0.303. The Hall–Kier alpha value is -2.33. The second kappa shape index (κ2) is 11.2. The summed E-state index contributed by atoms with van der Waals surface area (Å²) in [6.45, 7) is 4.24. The number of hydrogen-bond donors (Lipinski definition) is 4. The first kappa shape index (κ1) is 23.9. The number of anilines is 1. The zero-order chi connectivity index (χ0) is 22.3. The van der Waals surface area contributed by atoms with Crippen molar-refractivity contribution in [3.8, 4) is 0 Å². The van der Waals surface area contributed by atoms with Crippen LogP contribution in [-0.2, 0) is 13.6 Å². The van der Waals surface area contributed by atoms with Crippen molar-refractivity contribution in [2.75, 3.05) is 25.9 Å². The van der Waals surface area contributed by atoms with Gasteiger partial charge in [0.15, 0.2) is 6.29 Å². The van der Waals surface area contributed by atoms with Crippen LogP contribution >= 0.6 is 23.5 Å². The molecule has 1 aliphatic heterocycles. The zero-order valence-electron chi connectivity index (χ0n) is 17.4. The third-order valence-electron chi connectivity index (χ3n) is 4.80. The van der Waals surface area contributed by atoms with Gasteiger partial charge in [0.1, 0.15) is 11.0 Å². The van der Waals surface area contributed by atoms with E-state index in [4.69, 9.17) is 28.5 Å². The van der Waals surface area contributed by atoms with Gasteiger partial charge in [0, 0.05) is 56.8 Å². The predicted octanol–water partition coefficient (Wildman–Crippen LogP) is 2.76. The molecule has 30 heavy (non-hydrogen) atoms. The number of nitrogen functional groups attached to an aromatic ring is 1. The number of halogens is 1. The SMILES string of the molecule is CNCc1ccnc(N)c1C.Cn1c(C=O)cc(SN2CCC(N)=C(C=N)C2)c1Cl. The summed E-state index contributed by atoms with van der Waals surface area (Å²) < 4.78 is 3.75. The van der Waals surface area contributed by atoms with Gasteiger partial charge in [0.2, 0.25) is 0 Å². The number of aromatic nitrogens is 2. The summed E-state index contributed by atoms with van der Waals surface area (Å²) in [5, 5.41) is 10.9. The number of nitrogens with zero attached hydrogens (tertiary/aromatic N) is 3. The van der Waals surface area contributed by atoms with Crippen molar-refractivity contribution in [3.63, 3.8) is 0 Å². The molecule has 3 rings (SSSR count). The van der Waals surface area contributed by atoms with Crippen molar-refractivity contribution < 1.29 is 4.79 Å². The number of hydrogen-bond acceptors (Lipinski definition) is 8. The second-order valence-electron chi connectivity index (χ2n) is 6.81. The van der Waals surface area contributed by atoms with Crippen LogP contribution in [0.5, 0.6) is 0 Å². The summed E-state index contributed by atoms with van der Waals surface area (Å²) in [5.41, 5.74) is 15.9. The van der Waals surface area contributed by atoms with Gasteiger partial charge in [0.05, 0.1) is 10.6 Å². The molecule has 0 radical (unpaired) electrons. The second-order valence-corrected chi connectivity index (χ2v) is 8.31. The number of aldehydes is 1. The van der Waals surface area contributed by atoms with Crippen LogP contribution in [0, 0.1) is 12.3 Å². The van der Waals surface area contributed by atoms with Gasteiger partial charge in [-0.3, -0.25) is 4.79 Å². The fourth-order valence-electron chi connectivity index (χ4n) is 2.85. The molecule has 3 heterocycles. The Labute approximate surface area is 186 Å². The monoisotopic (exact) mass is 449 g/mol. The van der Waals surface area contributed by atoms with E-state index >= 15 is 0 Å². The maximum absolute atomic E-state index is 10.9. The Morgan fingerprint density at radius 3 is 2.77 bits per heavy atom. The van der Waals surface area contributed by atoms with Crippen LogP contribution in [-0.4, -0.2) is 46.5 Å². The lowest BCUT2D eigenvalue weighted by Crippen LogP contribution is -2.28. The highest BCUT2D eigenvalue weighted by Crippen LogP contribution is 2.33. The highest BCUT2D eigenvalue weighted by Gasteiger charge is 2.20. The highest BCUT2D eigenvalue weighted by molar-refractivity contribution is 7.97. The van der Waals surface area contributed by atoms with E-state index in [1.807, 2.05) is 20.0 Å². The molecule has 0 saturated heterocycles. The number of carbonyl (C=O) groups excluding carboxylic acids is 1. The zero-order valence-corrected chi connectivity index (χ0v) is 19.0. The van der Waals surface area contributed by atoms with Gasteiger partial charge in [-0.2, -0.15) is 0 Å². The van der Waals surface area contributed by atoms with Crippen molar-refractivity contribution in [2.24, 2.45) is 12.8 Å². The molecule has 8 nitrogen and oxygen atoms in total. The van der Waals surface area contributed by atoms with Gasteiger partial charge in [-0.15, -0.1) is 0 Å². The lowest BCUT2D eigenvalue weighted by atomic mass is 10.1. The summed E-state index contributed by atoms with van der Waals surface area (Å²) >= 11 is 7.68. The lowest BCUT2D eigenvalue weighted by Gasteiger charge is -2.26. The molecule has 0 aromatic carbocycles. The maximum Gasteiger partial charge on any atom is 0.166 e. The van der Waals surface area contributed by atoms with Crippen molar-refractivity contribution in [2.45, 2.75) is 24.8 Å². The fraction of sp³-hybridized carbons (Fsp3) is 0.350. The number of pyridine rings is 1. The molecule has 0 bridgehead atoms. The van der Waals surface area contributed by atoms with Crippen molar-refractivity contribution in [3.05, 3.63) is 51.6 Å². The van der Waals surface area contributed by atoms with Gasteiger partial charge in [0.25, 0.3) is 0 Å². The Bertz CT molecular complexity index is 941. The first-order valence-corrected chi connectivity index (χ1v) is 10.5. The molecule has 2 aromatic rings. The third-order valence-corrected chi connectivity index (χ3v) is 6.45. The smallest absolute Gasteiger partial charge is 0.166 e. The van der Waals surface area contributed by atoms with Crippen LogP contribution in [0.2, 0.25) is 5.15 Å². The normalized spacial score (nSPS) is 14.3. The Kier molecular flexibility index (Phi) is 8.91. The highest BCUT2D eigenvalue weighted by atomic mass is 35.5. The Balaban J connectivity index is 0.000000248. The molecule has 0 atom stereocenters. The molecular formula is C20H28ClN7OS. The van der Waals surface area contributed by atoms with E-state index in [0.717, 1.165) is 47.5 Å². The summed E-state index contributed by atoms with van der Waals surface area (Å²) in [4.78, 5) is 15.7. The minimum atomic E-state index is 0.547. The van der Waals surface area contributed by atoms with Crippen LogP contribution < -0.4 is 16.8 Å². The number of nitrogens with one attached hydrogen (secondary N) is 2. The average Bonchev–Trinajstić information content (AvgIpc) is 3.01. The number of carbonyl (C=O) groups is 1. The van der Waals surface area contributed by atoms with E-state index in [-0.39, 0.29) is 0 Å². The topological polar surface area (TPSA) is 126 Å². The van der Waals surface area contributed by atoms with Crippen LogP contribution in [0.4, 0.5) is 5.82 Å². The maximum atomic E-state index is 10.9. The molecule has 0 aliphatic carbocycles. The van der Waals surface area contributed by atoms with Gasteiger partial charge in [-0.05, 0) is 49.2 Å². The van der Waals surface area contributed by atoms with Crippen molar-refractivity contribution in [1.82, 2.24) is 19.2 Å². The molecule has 2 aromatic heterocycles. The van der Waals surface area contributed by atoms with Crippen molar-refractivity contribution in [1.29, 1.82) is 5.41 Å². The Morgan fingerprint density at radius 1 is 1.43 bits per heavy atom. The minimum Gasteiger partial charge on any atom is -0.402 e. The molecule has 0 saturated carbocycles. The van der Waals surface area contributed by atoms with Gasteiger partial charge < -0.3 is 26.8 Å². The van der Waals surface area contributed by atoms with Crippen molar-refractivity contribution >= 4 is 41.9 Å². The molecular weight excluding hydrogens is 422 g/mol. The van der Waals surface area contributed by atoms with Gasteiger partial charge in [-0.1, -0.05) is 11.6 Å². The van der Waals surface area contributed by atoms with E-state index in [1.165, 1.54) is 23.7 Å². The predicted molar refractivity (Wildman–Crippen MR) is 124 cm³/mol. The molecule has 0 fully saturated rings. The molecule has 0 unspecified atom stereocenters. The third kappa shape index (κ3) is 5.85. The van der Waals surface area contributed by atoms with E-state index in [1.54, 1.807) is 23.9 Å². The first-order valence-electron chi connectivity index (χ1n) is 9.38. The van der Waals surface area contributed by atoms with Crippen LogP contribution in [0.25, 0.3) is 0 Å². The lowest BCUT2D eigenvalue weighted by molar-refractivity contribution is 0.111. The number of rotatable bonds is 6. The average molecular weight is 450 g/mol.